The highest BCUT2D eigenvalue weighted by Gasteiger charge is 2.18. The molecule has 3 aromatic rings. The number of hydrogen-bond acceptors (Lipinski definition) is 8. The Hall–Kier alpha value is -2.94. The van der Waals surface area contributed by atoms with Gasteiger partial charge in [0.15, 0.2) is 17.3 Å². The number of nitrogens with zero attached hydrogens (tertiary/aromatic N) is 3. The lowest BCUT2D eigenvalue weighted by atomic mass is 10.1. The van der Waals surface area contributed by atoms with Crippen LogP contribution in [0.1, 0.15) is 40.7 Å². The van der Waals surface area contributed by atoms with E-state index in [4.69, 9.17) is 14.0 Å². The minimum Gasteiger partial charge on any atom is -0.493 e. The SMILES string of the molecule is COc1cc(C(=O)NC(C)c2nc(C)no2)ccc1OCc1cscn1. The van der Waals surface area contributed by atoms with Crippen molar-refractivity contribution in [1.82, 2.24) is 20.4 Å². The highest BCUT2D eigenvalue weighted by atomic mass is 32.1. The van der Waals surface area contributed by atoms with Gasteiger partial charge in [-0.1, -0.05) is 5.16 Å². The average molecular weight is 374 g/mol. The molecule has 0 aliphatic heterocycles. The van der Waals surface area contributed by atoms with Gasteiger partial charge in [0.05, 0.1) is 18.3 Å². The van der Waals surface area contributed by atoms with Crippen LogP contribution in [0.3, 0.4) is 0 Å². The minimum absolute atomic E-state index is 0.280. The molecule has 1 aromatic carbocycles. The molecule has 1 unspecified atom stereocenters. The number of rotatable bonds is 7. The van der Waals surface area contributed by atoms with Crippen LogP contribution in [0.2, 0.25) is 0 Å². The number of aromatic nitrogens is 3. The first kappa shape index (κ1) is 17.9. The van der Waals surface area contributed by atoms with Crippen molar-refractivity contribution in [3.05, 3.63) is 52.1 Å². The van der Waals surface area contributed by atoms with Gasteiger partial charge in [-0.3, -0.25) is 4.79 Å². The third-order valence-electron chi connectivity index (χ3n) is 3.55. The van der Waals surface area contributed by atoms with Crippen molar-refractivity contribution >= 4 is 17.2 Å². The van der Waals surface area contributed by atoms with Crippen LogP contribution in [0.5, 0.6) is 11.5 Å². The number of nitrogens with one attached hydrogen (secondary N) is 1. The van der Waals surface area contributed by atoms with Crippen molar-refractivity contribution in [1.29, 1.82) is 0 Å². The molecule has 136 valence electrons. The largest absolute Gasteiger partial charge is 0.493 e. The van der Waals surface area contributed by atoms with Gasteiger partial charge in [0, 0.05) is 10.9 Å². The Balaban J connectivity index is 1.68. The first-order valence-electron chi connectivity index (χ1n) is 7.85. The summed E-state index contributed by atoms with van der Waals surface area (Å²) in [6.45, 7) is 3.82. The van der Waals surface area contributed by atoms with E-state index in [9.17, 15) is 4.79 Å². The lowest BCUT2D eigenvalue weighted by Gasteiger charge is -2.13. The molecule has 0 bridgehead atoms. The normalized spacial score (nSPS) is 11.8. The third-order valence-corrected chi connectivity index (χ3v) is 4.18. The quantitative estimate of drug-likeness (QED) is 0.679. The van der Waals surface area contributed by atoms with Crippen LogP contribution in [0, 0.1) is 6.92 Å². The monoisotopic (exact) mass is 374 g/mol. The second-order valence-corrected chi connectivity index (χ2v) is 6.23. The van der Waals surface area contributed by atoms with E-state index < -0.39 is 6.04 Å². The number of methoxy groups -OCH3 is 1. The van der Waals surface area contributed by atoms with Crippen molar-refractivity contribution in [3.63, 3.8) is 0 Å². The summed E-state index contributed by atoms with van der Waals surface area (Å²) in [5, 5.41) is 8.44. The van der Waals surface area contributed by atoms with Gasteiger partial charge in [-0.05, 0) is 32.0 Å². The summed E-state index contributed by atoms with van der Waals surface area (Å²) < 4.78 is 16.1. The molecule has 0 saturated heterocycles. The summed E-state index contributed by atoms with van der Waals surface area (Å²) in [5.41, 5.74) is 3.02. The molecular weight excluding hydrogens is 356 g/mol. The van der Waals surface area contributed by atoms with E-state index in [1.54, 1.807) is 37.6 Å². The fraction of sp³-hybridized carbons (Fsp3) is 0.294. The molecule has 9 heteroatoms. The Labute approximate surface area is 154 Å². The molecule has 0 fully saturated rings. The minimum atomic E-state index is -0.407. The van der Waals surface area contributed by atoms with E-state index in [0.717, 1.165) is 5.69 Å². The molecule has 2 heterocycles. The fourth-order valence-corrected chi connectivity index (χ4v) is 2.76. The van der Waals surface area contributed by atoms with Gasteiger partial charge in [0.25, 0.3) is 5.91 Å². The summed E-state index contributed by atoms with van der Waals surface area (Å²) in [4.78, 5) is 20.7. The van der Waals surface area contributed by atoms with E-state index in [2.05, 4.69) is 20.4 Å². The third kappa shape index (κ3) is 4.17. The topological polar surface area (TPSA) is 99.4 Å². The molecule has 0 aliphatic carbocycles. The predicted molar refractivity (Wildman–Crippen MR) is 94.4 cm³/mol. The highest BCUT2D eigenvalue weighted by Crippen LogP contribution is 2.29. The Morgan fingerprint density at radius 2 is 2.23 bits per heavy atom. The summed E-state index contributed by atoms with van der Waals surface area (Å²) in [5.74, 6) is 1.60. The Kier molecular flexibility index (Phi) is 5.47. The maximum absolute atomic E-state index is 12.5. The first-order valence-corrected chi connectivity index (χ1v) is 8.80. The van der Waals surface area contributed by atoms with Gasteiger partial charge < -0.3 is 19.3 Å². The zero-order chi connectivity index (χ0) is 18.5. The number of benzene rings is 1. The molecule has 0 radical (unpaired) electrons. The molecule has 1 atom stereocenters. The molecule has 3 rings (SSSR count). The number of amides is 1. The maximum Gasteiger partial charge on any atom is 0.252 e. The van der Waals surface area contributed by atoms with Crippen LogP contribution in [0.25, 0.3) is 0 Å². The van der Waals surface area contributed by atoms with Gasteiger partial charge >= 0.3 is 0 Å². The molecule has 26 heavy (non-hydrogen) atoms. The van der Waals surface area contributed by atoms with Gasteiger partial charge in [-0.15, -0.1) is 11.3 Å². The second-order valence-electron chi connectivity index (χ2n) is 5.51. The average Bonchev–Trinajstić information content (AvgIpc) is 3.31. The van der Waals surface area contributed by atoms with Crippen molar-refractivity contribution in [2.24, 2.45) is 0 Å². The molecule has 1 amide bonds. The van der Waals surface area contributed by atoms with Crippen molar-refractivity contribution in [2.45, 2.75) is 26.5 Å². The molecule has 2 aromatic heterocycles. The van der Waals surface area contributed by atoms with Gasteiger partial charge in [-0.25, -0.2) is 4.98 Å². The van der Waals surface area contributed by atoms with Crippen LogP contribution in [-0.4, -0.2) is 28.1 Å². The van der Waals surface area contributed by atoms with Crippen LogP contribution >= 0.6 is 11.3 Å². The lowest BCUT2D eigenvalue weighted by Crippen LogP contribution is -2.26. The zero-order valence-corrected chi connectivity index (χ0v) is 15.4. The molecule has 1 N–H and O–H groups in total. The number of thiazole rings is 1. The van der Waals surface area contributed by atoms with Crippen molar-refractivity contribution in [3.8, 4) is 11.5 Å². The molecule has 0 saturated carbocycles. The van der Waals surface area contributed by atoms with Gasteiger partial charge in [0.2, 0.25) is 5.89 Å². The summed E-state index contributed by atoms with van der Waals surface area (Å²) in [6, 6.07) is 4.58. The Morgan fingerprint density at radius 1 is 1.38 bits per heavy atom. The number of hydrogen-bond donors (Lipinski definition) is 1. The standard InChI is InChI=1S/C17H18N4O4S/c1-10(17-20-11(2)21-25-17)19-16(22)12-4-5-14(15(6-12)23-3)24-7-13-8-26-9-18-13/h4-6,8-10H,7H2,1-3H3,(H,19,22). The van der Waals surface area contributed by atoms with Gasteiger partial charge in [-0.2, -0.15) is 4.98 Å². The van der Waals surface area contributed by atoms with Crippen LogP contribution in [0.4, 0.5) is 0 Å². The maximum atomic E-state index is 12.5. The zero-order valence-electron chi connectivity index (χ0n) is 14.6. The lowest BCUT2D eigenvalue weighted by molar-refractivity contribution is 0.0932. The first-order chi connectivity index (χ1) is 12.6. The van der Waals surface area contributed by atoms with E-state index in [-0.39, 0.29) is 5.91 Å². The molecular formula is C17H18N4O4S. The van der Waals surface area contributed by atoms with Crippen molar-refractivity contribution in [2.75, 3.05) is 7.11 Å². The Bertz CT molecular complexity index is 879. The van der Waals surface area contributed by atoms with Crippen LogP contribution in [0.15, 0.2) is 33.6 Å². The van der Waals surface area contributed by atoms with E-state index in [0.29, 0.717) is 35.4 Å². The van der Waals surface area contributed by atoms with Crippen LogP contribution < -0.4 is 14.8 Å². The number of carbonyl (C=O) groups excluding carboxylic acids is 1. The van der Waals surface area contributed by atoms with E-state index >= 15 is 0 Å². The molecule has 0 spiro atoms. The predicted octanol–water partition coefficient (Wildman–Crippen LogP) is 2.91. The summed E-state index contributed by atoms with van der Waals surface area (Å²) in [7, 11) is 1.52. The van der Waals surface area contributed by atoms with Crippen LogP contribution in [-0.2, 0) is 6.61 Å². The highest BCUT2D eigenvalue weighted by molar-refractivity contribution is 7.07. The summed E-state index contributed by atoms with van der Waals surface area (Å²) in [6.07, 6.45) is 0. The van der Waals surface area contributed by atoms with Crippen molar-refractivity contribution < 1.29 is 18.8 Å². The molecule has 8 nitrogen and oxygen atoms in total. The van der Waals surface area contributed by atoms with E-state index in [1.807, 2.05) is 5.38 Å². The fourth-order valence-electron chi connectivity index (χ4n) is 2.22. The second kappa shape index (κ2) is 7.96. The number of ether oxygens (including phenoxy) is 2. The number of aryl methyl sites for hydroxylation is 1. The van der Waals surface area contributed by atoms with Gasteiger partial charge in [0.1, 0.15) is 12.6 Å². The van der Waals surface area contributed by atoms with E-state index in [1.165, 1.54) is 18.4 Å². The smallest absolute Gasteiger partial charge is 0.252 e. The summed E-state index contributed by atoms with van der Waals surface area (Å²) >= 11 is 1.50. The Morgan fingerprint density at radius 3 is 2.88 bits per heavy atom. The number of carbonyl (C=O) groups is 1. The molecule has 0 aliphatic rings.